The monoisotopic (exact) mass is 272 g/mol. The smallest absolute Gasteiger partial charge is 0.226 e. The van der Waals surface area contributed by atoms with E-state index in [9.17, 15) is 4.79 Å². The molecular formula is C17H24N2O. The molecule has 1 fully saturated rings. The van der Waals surface area contributed by atoms with Gasteiger partial charge in [-0.15, -0.1) is 6.58 Å². The molecule has 3 nitrogen and oxygen atoms in total. The van der Waals surface area contributed by atoms with E-state index in [1.165, 1.54) is 5.56 Å². The summed E-state index contributed by atoms with van der Waals surface area (Å²) in [5.41, 5.74) is 1.17. The van der Waals surface area contributed by atoms with Crippen LogP contribution in [0.4, 0.5) is 0 Å². The molecule has 1 aliphatic heterocycles. The molecule has 1 aromatic carbocycles. The van der Waals surface area contributed by atoms with Gasteiger partial charge in [0.2, 0.25) is 5.91 Å². The summed E-state index contributed by atoms with van der Waals surface area (Å²) in [6, 6.07) is 10.6. The molecule has 0 unspecified atom stereocenters. The standard InChI is InChI=1S/C17H24N2O/c1-3-11-19(13-15-7-5-4-6-8-15)17(20)16-9-10-18-14(2)12-16/h3-8,14,16,18H,1,9-13H2,2H3/t14-,16-/m0/s1. The highest BCUT2D eigenvalue weighted by Gasteiger charge is 2.28. The Morgan fingerprint density at radius 1 is 1.45 bits per heavy atom. The van der Waals surface area contributed by atoms with Crippen molar-refractivity contribution < 1.29 is 4.79 Å². The third-order valence-corrected chi connectivity index (χ3v) is 3.85. The van der Waals surface area contributed by atoms with E-state index in [4.69, 9.17) is 0 Å². The molecule has 2 atom stereocenters. The van der Waals surface area contributed by atoms with Crippen LogP contribution < -0.4 is 5.32 Å². The fourth-order valence-electron chi connectivity index (χ4n) is 2.81. The minimum Gasteiger partial charge on any atom is -0.334 e. The van der Waals surface area contributed by atoms with Crippen LogP contribution in [0.5, 0.6) is 0 Å². The molecule has 0 bridgehead atoms. The summed E-state index contributed by atoms with van der Waals surface area (Å²) in [4.78, 5) is 14.6. The maximum absolute atomic E-state index is 12.7. The number of hydrogen-bond donors (Lipinski definition) is 1. The molecule has 1 aliphatic rings. The highest BCUT2D eigenvalue weighted by Crippen LogP contribution is 2.20. The molecule has 108 valence electrons. The third kappa shape index (κ3) is 3.94. The van der Waals surface area contributed by atoms with Crippen LogP contribution in [0, 0.1) is 5.92 Å². The van der Waals surface area contributed by atoms with E-state index in [1.54, 1.807) is 0 Å². The minimum absolute atomic E-state index is 0.148. The number of rotatable bonds is 5. The Bertz CT molecular complexity index is 444. The predicted octanol–water partition coefficient (Wildman–Crippen LogP) is 2.59. The van der Waals surface area contributed by atoms with Crippen molar-refractivity contribution in [2.45, 2.75) is 32.4 Å². The minimum atomic E-state index is 0.148. The van der Waals surface area contributed by atoms with Crippen molar-refractivity contribution in [2.24, 2.45) is 5.92 Å². The molecule has 1 N–H and O–H groups in total. The number of nitrogens with one attached hydrogen (secondary N) is 1. The number of carbonyl (C=O) groups is 1. The quantitative estimate of drug-likeness (QED) is 0.836. The van der Waals surface area contributed by atoms with E-state index in [-0.39, 0.29) is 11.8 Å². The van der Waals surface area contributed by atoms with Crippen molar-refractivity contribution in [2.75, 3.05) is 13.1 Å². The van der Waals surface area contributed by atoms with E-state index >= 15 is 0 Å². The lowest BCUT2D eigenvalue weighted by molar-refractivity contribution is -0.136. The fraction of sp³-hybridized carbons (Fsp3) is 0.471. The van der Waals surface area contributed by atoms with Crippen molar-refractivity contribution in [3.05, 3.63) is 48.6 Å². The highest BCUT2D eigenvalue weighted by molar-refractivity contribution is 5.79. The second-order valence-corrected chi connectivity index (χ2v) is 5.57. The van der Waals surface area contributed by atoms with E-state index < -0.39 is 0 Å². The summed E-state index contributed by atoms with van der Waals surface area (Å²) in [5, 5.41) is 3.40. The largest absolute Gasteiger partial charge is 0.334 e. The van der Waals surface area contributed by atoms with Gasteiger partial charge in [0.1, 0.15) is 0 Å². The first-order chi connectivity index (χ1) is 9.70. The van der Waals surface area contributed by atoms with Crippen LogP contribution in [-0.4, -0.2) is 29.9 Å². The van der Waals surface area contributed by atoms with Crippen molar-refractivity contribution >= 4 is 5.91 Å². The van der Waals surface area contributed by atoms with Crippen molar-refractivity contribution in [3.63, 3.8) is 0 Å². The molecule has 0 aliphatic carbocycles. The molecule has 0 aromatic heterocycles. The molecule has 20 heavy (non-hydrogen) atoms. The van der Waals surface area contributed by atoms with Crippen LogP contribution in [-0.2, 0) is 11.3 Å². The van der Waals surface area contributed by atoms with Gasteiger partial charge in [0.05, 0.1) is 0 Å². The normalized spacial score (nSPS) is 22.2. The molecule has 1 heterocycles. The first kappa shape index (κ1) is 14.8. The van der Waals surface area contributed by atoms with Crippen molar-refractivity contribution in [1.29, 1.82) is 0 Å². The van der Waals surface area contributed by atoms with Crippen LogP contribution in [0.1, 0.15) is 25.3 Å². The van der Waals surface area contributed by atoms with Gasteiger partial charge in [0.25, 0.3) is 0 Å². The summed E-state index contributed by atoms with van der Waals surface area (Å²) >= 11 is 0. The van der Waals surface area contributed by atoms with Crippen LogP contribution in [0.3, 0.4) is 0 Å². The number of hydrogen-bond acceptors (Lipinski definition) is 2. The van der Waals surface area contributed by atoms with Crippen molar-refractivity contribution in [1.82, 2.24) is 10.2 Å². The number of carbonyl (C=O) groups excluding carboxylic acids is 1. The van der Waals surface area contributed by atoms with Gasteiger partial charge in [-0.1, -0.05) is 36.4 Å². The first-order valence-electron chi connectivity index (χ1n) is 7.37. The van der Waals surface area contributed by atoms with Gasteiger partial charge < -0.3 is 10.2 Å². The average Bonchev–Trinajstić information content (AvgIpc) is 2.47. The lowest BCUT2D eigenvalue weighted by atomic mass is 9.92. The van der Waals surface area contributed by atoms with E-state index in [0.29, 0.717) is 19.1 Å². The second kappa shape index (κ2) is 7.25. The van der Waals surface area contributed by atoms with Gasteiger partial charge in [0.15, 0.2) is 0 Å². The SMILES string of the molecule is C=CCN(Cc1ccccc1)C(=O)[C@H]1CCN[C@@H](C)C1. The zero-order valence-corrected chi connectivity index (χ0v) is 12.2. The summed E-state index contributed by atoms with van der Waals surface area (Å²) in [5.74, 6) is 0.414. The Labute approximate surface area is 121 Å². The predicted molar refractivity (Wildman–Crippen MR) is 82.2 cm³/mol. The number of benzene rings is 1. The van der Waals surface area contributed by atoms with Gasteiger partial charge in [-0.3, -0.25) is 4.79 Å². The molecular weight excluding hydrogens is 248 g/mol. The van der Waals surface area contributed by atoms with Crippen LogP contribution in [0.2, 0.25) is 0 Å². The van der Waals surface area contributed by atoms with Crippen molar-refractivity contribution in [3.8, 4) is 0 Å². The van der Waals surface area contributed by atoms with Gasteiger partial charge in [-0.2, -0.15) is 0 Å². The Morgan fingerprint density at radius 2 is 2.20 bits per heavy atom. The number of amides is 1. The van der Waals surface area contributed by atoms with Gasteiger partial charge >= 0.3 is 0 Å². The highest BCUT2D eigenvalue weighted by atomic mass is 16.2. The molecule has 1 aromatic rings. The molecule has 1 amide bonds. The second-order valence-electron chi connectivity index (χ2n) is 5.57. The van der Waals surface area contributed by atoms with Crippen LogP contribution in [0.25, 0.3) is 0 Å². The zero-order chi connectivity index (χ0) is 14.4. The summed E-state index contributed by atoms with van der Waals surface area (Å²) in [6.45, 7) is 8.15. The molecule has 0 saturated carbocycles. The van der Waals surface area contributed by atoms with E-state index in [1.807, 2.05) is 29.2 Å². The maximum atomic E-state index is 12.7. The Morgan fingerprint density at radius 3 is 2.85 bits per heavy atom. The van der Waals surface area contributed by atoms with E-state index in [0.717, 1.165) is 19.4 Å². The van der Waals surface area contributed by atoms with Gasteiger partial charge in [-0.25, -0.2) is 0 Å². The topological polar surface area (TPSA) is 32.3 Å². The zero-order valence-electron chi connectivity index (χ0n) is 12.2. The third-order valence-electron chi connectivity index (χ3n) is 3.85. The molecule has 2 rings (SSSR count). The number of piperidine rings is 1. The molecule has 3 heteroatoms. The summed E-state index contributed by atoms with van der Waals surface area (Å²) in [7, 11) is 0. The lowest BCUT2D eigenvalue weighted by Gasteiger charge is -2.31. The van der Waals surface area contributed by atoms with Gasteiger partial charge in [-0.05, 0) is 31.9 Å². The number of nitrogens with zero attached hydrogens (tertiary/aromatic N) is 1. The molecule has 1 saturated heterocycles. The lowest BCUT2D eigenvalue weighted by Crippen LogP contribution is -2.44. The average molecular weight is 272 g/mol. The Balaban J connectivity index is 2.03. The summed E-state index contributed by atoms with van der Waals surface area (Å²) < 4.78 is 0. The van der Waals surface area contributed by atoms with E-state index in [2.05, 4.69) is 31.0 Å². The van der Waals surface area contributed by atoms with Crippen LogP contribution in [0.15, 0.2) is 43.0 Å². The Kier molecular flexibility index (Phi) is 5.36. The summed E-state index contributed by atoms with van der Waals surface area (Å²) in [6.07, 6.45) is 3.68. The van der Waals surface area contributed by atoms with Crippen LogP contribution >= 0.6 is 0 Å². The fourth-order valence-corrected chi connectivity index (χ4v) is 2.81. The maximum Gasteiger partial charge on any atom is 0.226 e. The molecule has 0 radical (unpaired) electrons. The first-order valence-corrected chi connectivity index (χ1v) is 7.37. The van der Waals surface area contributed by atoms with Gasteiger partial charge in [0, 0.05) is 25.0 Å². The Hall–Kier alpha value is -1.61. The molecule has 0 spiro atoms.